The molecule has 0 atom stereocenters. The van der Waals surface area contributed by atoms with E-state index >= 15 is 0 Å². The van der Waals surface area contributed by atoms with E-state index in [1.807, 2.05) is 79.9 Å². The number of rotatable bonds is 7. The summed E-state index contributed by atoms with van der Waals surface area (Å²) in [7, 11) is 0. The minimum atomic E-state index is 0.388. The Kier molecular flexibility index (Phi) is 5.93. The molecule has 3 aromatic carbocycles. The van der Waals surface area contributed by atoms with E-state index < -0.39 is 0 Å². The van der Waals surface area contributed by atoms with Gasteiger partial charge in [0.25, 0.3) is 5.89 Å². The summed E-state index contributed by atoms with van der Waals surface area (Å²) < 4.78 is 13.7. The summed E-state index contributed by atoms with van der Waals surface area (Å²) >= 11 is 1.54. The highest BCUT2D eigenvalue weighted by Crippen LogP contribution is 2.35. The van der Waals surface area contributed by atoms with Crippen molar-refractivity contribution in [2.75, 3.05) is 0 Å². The average Bonchev–Trinajstić information content (AvgIpc) is 3.67. The van der Waals surface area contributed by atoms with Crippen molar-refractivity contribution in [3.63, 3.8) is 0 Å². The van der Waals surface area contributed by atoms with Crippen molar-refractivity contribution >= 4 is 11.8 Å². The molecular weight excluding hydrogens is 470 g/mol. The Bertz CT molecular complexity index is 1590. The number of hydrogen-bond acceptors (Lipinski definition) is 7. The smallest absolute Gasteiger partial charge is 0.253 e. The molecule has 0 unspecified atom stereocenters. The maximum absolute atomic E-state index is 6.05. The molecule has 36 heavy (non-hydrogen) atoms. The van der Waals surface area contributed by atoms with Crippen molar-refractivity contribution in [1.82, 2.24) is 24.9 Å². The van der Waals surface area contributed by atoms with Crippen molar-refractivity contribution in [2.45, 2.75) is 17.8 Å². The Balaban J connectivity index is 1.29. The second-order valence-electron chi connectivity index (χ2n) is 8.08. The molecule has 176 valence electrons. The summed E-state index contributed by atoms with van der Waals surface area (Å²) in [5.74, 6) is 1.98. The molecule has 3 aromatic heterocycles. The SMILES string of the molecule is Cc1onc(-c2ccccc2)c1-c1nnc(CSc2ncc(-c3ccccc3)n2-c2ccccc2)o1. The van der Waals surface area contributed by atoms with E-state index in [1.165, 1.54) is 0 Å². The Labute approximate surface area is 211 Å². The van der Waals surface area contributed by atoms with Gasteiger partial charge in [-0.15, -0.1) is 10.2 Å². The van der Waals surface area contributed by atoms with Gasteiger partial charge in [0.05, 0.1) is 17.6 Å². The molecule has 0 bridgehead atoms. The van der Waals surface area contributed by atoms with Crippen molar-refractivity contribution in [2.24, 2.45) is 0 Å². The normalized spacial score (nSPS) is 11.1. The van der Waals surface area contributed by atoms with E-state index in [0.29, 0.717) is 34.6 Å². The molecule has 0 radical (unpaired) electrons. The Morgan fingerprint density at radius 3 is 2.19 bits per heavy atom. The van der Waals surface area contributed by atoms with Crippen LogP contribution in [0.1, 0.15) is 11.7 Å². The quantitative estimate of drug-likeness (QED) is 0.226. The summed E-state index contributed by atoms with van der Waals surface area (Å²) in [4.78, 5) is 4.72. The second kappa shape index (κ2) is 9.67. The number of aryl methyl sites for hydroxylation is 1. The van der Waals surface area contributed by atoms with Gasteiger partial charge in [-0.2, -0.15) is 0 Å². The molecule has 0 aliphatic heterocycles. The molecule has 0 saturated heterocycles. The zero-order valence-electron chi connectivity index (χ0n) is 19.4. The van der Waals surface area contributed by atoms with Gasteiger partial charge in [-0.05, 0) is 19.1 Å². The fourth-order valence-corrected chi connectivity index (χ4v) is 4.86. The monoisotopic (exact) mass is 491 g/mol. The highest BCUT2D eigenvalue weighted by atomic mass is 32.2. The van der Waals surface area contributed by atoms with Crippen LogP contribution in [0.5, 0.6) is 0 Å². The molecule has 6 aromatic rings. The fraction of sp³-hybridized carbons (Fsp3) is 0.0714. The molecule has 0 amide bonds. The Hall–Kier alpha value is -4.43. The summed E-state index contributed by atoms with van der Waals surface area (Å²) in [5, 5.41) is 13.6. The highest BCUT2D eigenvalue weighted by Gasteiger charge is 2.22. The third kappa shape index (κ3) is 4.23. The average molecular weight is 492 g/mol. The fourth-order valence-electron chi connectivity index (χ4n) is 4.03. The van der Waals surface area contributed by atoms with Gasteiger partial charge in [0.15, 0.2) is 5.16 Å². The summed E-state index contributed by atoms with van der Waals surface area (Å²) in [5.41, 5.74) is 5.47. The Morgan fingerprint density at radius 1 is 0.806 bits per heavy atom. The lowest BCUT2D eigenvalue weighted by Crippen LogP contribution is -1.99. The molecular formula is C28H21N5O2S. The molecule has 3 heterocycles. The van der Waals surface area contributed by atoms with Gasteiger partial charge < -0.3 is 8.94 Å². The zero-order valence-corrected chi connectivity index (χ0v) is 20.2. The van der Waals surface area contributed by atoms with Gasteiger partial charge in [-0.1, -0.05) is 95.8 Å². The molecule has 0 aliphatic rings. The van der Waals surface area contributed by atoms with E-state index in [0.717, 1.165) is 27.7 Å². The first kappa shape index (κ1) is 22.1. The van der Waals surface area contributed by atoms with Crippen LogP contribution in [-0.2, 0) is 5.75 Å². The number of para-hydroxylation sites is 1. The van der Waals surface area contributed by atoms with E-state index in [9.17, 15) is 0 Å². The van der Waals surface area contributed by atoms with Crippen molar-refractivity contribution in [3.8, 4) is 39.7 Å². The van der Waals surface area contributed by atoms with Crippen LogP contribution >= 0.6 is 11.8 Å². The van der Waals surface area contributed by atoms with E-state index in [2.05, 4.69) is 44.2 Å². The van der Waals surface area contributed by atoms with E-state index in [-0.39, 0.29) is 0 Å². The molecule has 0 fully saturated rings. The van der Waals surface area contributed by atoms with Gasteiger partial charge in [-0.25, -0.2) is 4.98 Å². The van der Waals surface area contributed by atoms with Gasteiger partial charge in [0, 0.05) is 16.8 Å². The van der Waals surface area contributed by atoms with Crippen LogP contribution < -0.4 is 0 Å². The van der Waals surface area contributed by atoms with Crippen LogP contribution in [0.2, 0.25) is 0 Å². The minimum Gasteiger partial charge on any atom is -0.420 e. The number of hydrogen-bond donors (Lipinski definition) is 0. The predicted molar refractivity (Wildman–Crippen MR) is 139 cm³/mol. The highest BCUT2D eigenvalue weighted by molar-refractivity contribution is 7.98. The molecule has 8 heteroatoms. The molecule has 6 rings (SSSR count). The van der Waals surface area contributed by atoms with Crippen molar-refractivity contribution < 1.29 is 8.94 Å². The molecule has 0 N–H and O–H groups in total. The maximum Gasteiger partial charge on any atom is 0.253 e. The van der Waals surface area contributed by atoms with Gasteiger partial charge >= 0.3 is 0 Å². The molecule has 7 nitrogen and oxygen atoms in total. The number of aromatic nitrogens is 5. The van der Waals surface area contributed by atoms with Gasteiger partial charge in [0.2, 0.25) is 5.89 Å². The topological polar surface area (TPSA) is 82.8 Å². The largest absolute Gasteiger partial charge is 0.420 e. The lowest BCUT2D eigenvalue weighted by Gasteiger charge is -2.11. The predicted octanol–water partition coefficient (Wildman–Crippen LogP) is 6.85. The number of benzene rings is 3. The van der Waals surface area contributed by atoms with E-state index in [4.69, 9.17) is 13.9 Å². The number of nitrogens with zero attached hydrogens (tertiary/aromatic N) is 5. The van der Waals surface area contributed by atoms with Crippen LogP contribution in [0.3, 0.4) is 0 Å². The number of thioether (sulfide) groups is 1. The van der Waals surface area contributed by atoms with Crippen LogP contribution in [-0.4, -0.2) is 24.9 Å². The first-order valence-electron chi connectivity index (χ1n) is 11.4. The van der Waals surface area contributed by atoms with Gasteiger partial charge in [0.1, 0.15) is 17.0 Å². The first-order chi connectivity index (χ1) is 17.8. The molecule has 0 spiro atoms. The van der Waals surface area contributed by atoms with Crippen LogP contribution in [0.25, 0.3) is 39.7 Å². The molecule has 0 saturated carbocycles. The zero-order chi connectivity index (χ0) is 24.3. The van der Waals surface area contributed by atoms with Crippen molar-refractivity contribution in [1.29, 1.82) is 0 Å². The lowest BCUT2D eigenvalue weighted by molar-refractivity contribution is 0.399. The van der Waals surface area contributed by atoms with Crippen LogP contribution in [0, 0.1) is 6.92 Å². The maximum atomic E-state index is 6.05. The summed E-state index contributed by atoms with van der Waals surface area (Å²) in [6.07, 6.45) is 1.90. The minimum absolute atomic E-state index is 0.388. The van der Waals surface area contributed by atoms with Gasteiger partial charge in [-0.3, -0.25) is 4.57 Å². The first-order valence-corrected chi connectivity index (χ1v) is 12.4. The van der Waals surface area contributed by atoms with Crippen LogP contribution in [0.15, 0.2) is 111 Å². The number of imidazole rings is 1. The van der Waals surface area contributed by atoms with Crippen LogP contribution in [0.4, 0.5) is 0 Å². The summed E-state index contributed by atoms with van der Waals surface area (Å²) in [6, 6.07) is 30.2. The lowest BCUT2D eigenvalue weighted by atomic mass is 10.1. The third-order valence-corrected chi connectivity index (χ3v) is 6.67. The third-order valence-electron chi connectivity index (χ3n) is 5.73. The van der Waals surface area contributed by atoms with Crippen molar-refractivity contribution in [3.05, 3.63) is 109 Å². The Morgan fingerprint density at radius 2 is 1.47 bits per heavy atom. The second-order valence-corrected chi connectivity index (χ2v) is 9.02. The summed E-state index contributed by atoms with van der Waals surface area (Å²) in [6.45, 7) is 1.84. The molecule has 0 aliphatic carbocycles. The standard InChI is InChI=1S/C28H21N5O2S/c1-19-25(26(32-35-19)21-13-7-3-8-14-21)27-31-30-24(34-27)18-36-28-29-17-23(20-11-5-2-6-12-20)33(28)22-15-9-4-10-16-22/h2-17H,18H2,1H3. The van der Waals surface area contributed by atoms with E-state index in [1.54, 1.807) is 11.8 Å².